The Morgan fingerprint density at radius 3 is 2.94 bits per heavy atom. The normalized spacial score (nSPS) is 10.9. The van der Waals surface area contributed by atoms with Crippen molar-refractivity contribution in [1.82, 2.24) is 15.2 Å². The Morgan fingerprint density at radius 1 is 1.28 bits per heavy atom. The quantitative estimate of drug-likeness (QED) is 0.795. The molecule has 2 N–H and O–H groups in total. The Hall–Kier alpha value is -1.50. The van der Waals surface area contributed by atoms with E-state index >= 15 is 0 Å². The third kappa shape index (κ3) is 2.22. The van der Waals surface area contributed by atoms with Gasteiger partial charge < -0.3 is 5.73 Å². The fourth-order valence-corrected chi connectivity index (χ4v) is 3.17. The largest absolute Gasteiger partial charge is 0.326 e. The van der Waals surface area contributed by atoms with Crippen LogP contribution in [0.1, 0.15) is 5.56 Å². The second-order valence-electron chi connectivity index (χ2n) is 3.66. The molecular weight excluding hydrogens is 264 g/mol. The molecule has 0 radical (unpaired) electrons. The molecule has 4 nitrogen and oxygen atoms in total. The highest BCUT2D eigenvalue weighted by Crippen LogP contribution is 2.31. The zero-order chi connectivity index (χ0) is 12.4. The SMILES string of the molecule is NCc1cc2ccccc2nc1Sc1nncs1. The first kappa shape index (κ1) is 11.6. The molecule has 0 saturated carbocycles. The van der Waals surface area contributed by atoms with Crippen molar-refractivity contribution < 1.29 is 0 Å². The summed E-state index contributed by atoms with van der Waals surface area (Å²) in [6.45, 7) is 0.471. The van der Waals surface area contributed by atoms with Gasteiger partial charge in [0.15, 0.2) is 4.34 Å². The van der Waals surface area contributed by atoms with Gasteiger partial charge in [0, 0.05) is 11.9 Å². The Labute approximate surface area is 112 Å². The molecule has 0 aliphatic heterocycles. The van der Waals surface area contributed by atoms with Crippen molar-refractivity contribution in [3.05, 3.63) is 41.4 Å². The van der Waals surface area contributed by atoms with Crippen LogP contribution in [0.15, 0.2) is 45.2 Å². The molecule has 1 aromatic carbocycles. The Morgan fingerprint density at radius 2 is 2.17 bits per heavy atom. The standard InChI is InChI=1S/C12H10N4S2/c13-6-9-5-8-3-1-2-4-10(8)15-11(9)18-12-16-14-7-17-12/h1-5,7H,6,13H2. The van der Waals surface area contributed by atoms with Crippen LogP contribution in [0.5, 0.6) is 0 Å². The molecule has 0 spiro atoms. The van der Waals surface area contributed by atoms with Crippen molar-refractivity contribution in [3.63, 3.8) is 0 Å². The number of pyridine rings is 1. The summed E-state index contributed by atoms with van der Waals surface area (Å²) in [5.74, 6) is 0. The van der Waals surface area contributed by atoms with Crippen molar-refractivity contribution in [1.29, 1.82) is 0 Å². The lowest BCUT2D eigenvalue weighted by Gasteiger charge is -2.06. The third-order valence-corrected chi connectivity index (χ3v) is 4.33. The molecule has 2 aromatic heterocycles. The first-order valence-corrected chi connectivity index (χ1v) is 7.09. The summed E-state index contributed by atoms with van der Waals surface area (Å²) < 4.78 is 0.882. The zero-order valence-electron chi connectivity index (χ0n) is 9.41. The lowest BCUT2D eigenvalue weighted by molar-refractivity contribution is 0.971. The van der Waals surface area contributed by atoms with Crippen molar-refractivity contribution in [2.75, 3.05) is 0 Å². The predicted molar refractivity (Wildman–Crippen MR) is 73.7 cm³/mol. The molecule has 3 aromatic rings. The van der Waals surface area contributed by atoms with E-state index in [1.165, 1.54) is 23.1 Å². The first-order valence-electron chi connectivity index (χ1n) is 5.39. The predicted octanol–water partition coefficient (Wildman–Crippen LogP) is 2.70. The fourth-order valence-electron chi connectivity index (χ4n) is 1.67. The molecule has 0 bridgehead atoms. The summed E-state index contributed by atoms with van der Waals surface area (Å²) in [6.07, 6.45) is 0. The fraction of sp³-hybridized carbons (Fsp3) is 0.0833. The van der Waals surface area contributed by atoms with Crippen molar-refractivity contribution in [2.45, 2.75) is 15.9 Å². The van der Waals surface area contributed by atoms with Gasteiger partial charge in [-0.3, -0.25) is 0 Å². The van der Waals surface area contributed by atoms with E-state index in [-0.39, 0.29) is 0 Å². The van der Waals surface area contributed by atoms with Gasteiger partial charge in [0.2, 0.25) is 0 Å². The Balaban J connectivity index is 2.09. The van der Waals surface area contributed by atoms with Gasteiger partial charge in [-0.2, -0.15) is 0 Å². The van der Waals surface area contributed by atoms with E-state index in [0.29, 0.717) is 6.54 Å². The highest BCUT2D eigenvalue weighted by Gasteiger charge is 2.09. The van der Waals surface area contributed by atoms with E-state index in [1.807, 2.05) is 24.3 Å². The number of para-hydroxylation sites is 1. The number of nitrogens with two attached hydrogens (primary N) is 1. The van der Waals surface area contributed by atoms with Crippen molar-refractivity contribution in [2.24, 2.45) is 5.73 Å². The van der Waals surface area contributed by atoms with Crippen LogP contribution in [0.4, 0.5) is 0 Å². The average Bonchev–Trinajstić information content (AvgIpc) is 2.91. The molecule has 0 fully saturated rings. The van der Waals surface area contributed by atoms with Crippen LogP contribution in [0.3, 0.4) is 0 Å². The number of nitrogens with zero attached hydrogens (tertiary/aromatic N) is 3. The van der Waals surface area contributed by atoms with Crippen LogP contribution in [-0.4, -0.2) is 15.2 Å². The van der Waals surface area contributed by atoms with Gasteiger partial charge in [0.1, 0.15) is 10.5 Å². The minimum absolute atomic E-state index is 0.471. The summed E-state index contributed by atoms with van der Waals surface area (Å²) in [4.78, 5) is 4.64. The molecule has 0 aliphatic rings. The number of benzene rings is 1. The summed E-state index contributed by atoms with van der Waals surface area (Å²) in [5.41, 5.74) is 9.51. The third-order valence-electron chi connectivity index (χ3n) is 2.51. The maximum Gasteiger partial charge on any atom is 0.180 e. The van der Waals surface area contributed by atoms with Gasteiger partial charge in [-0.1, -0.05) is 29.5 Å². The lowest BCUT2D eigenvalue weighted by Crippen LogP contribution is -2.00. The van der Waals surface area contributed by atoms with E-state index < -0.39 is 0 Å². The molecule has 0 unspecified atom stereocenters. The van der Waals surface area contributed by atoms with Crippen LogP contribution in [0, 0.1) is 0 Å². The summed E-state index contributed by atoms with van der Waals surface area (Å²) in [6, 6.07) is 10.1. The van der Waals surface area contributed by atoms with Crippen molar-refractivity contribution in [3.8, 4) is 0 Å². The van der Waals surface area contributed by atoms with Crippen LogP contribution >= 0.6 is 23.1 Å². The summed E-state index contributed by atoms with van der Waals surface area (Å²) >= 11 is 3.02. The minimum atomic E-state index is 0.471. The highest BCUT2D eigenvalue weighted by molar-refractivity contribution is 8.01. The molecule has 6 heteroatoms. The highest BCUT2D eigenvalue weighted by atomic mass is 32.2. The number of fused-ring (bicyclic) bond motifs is 1. The van der Waals surface area contributed by atoms with Gasteiger partial charge >= 0.3 is 0 Å². The smallest absolute Gasteiger partial charge is 0.180 e. The van der Waals surface area contributed by atoms with Crippen LogP contribution in [-0.2, 0) is 6.54 Å². The average molecular weight is 274 g/mol. The van der Waals surface area contributed by atoms with E-state index in [0.717, 1.165) is 25.8 Å². The molecule has 0 atom stereocenters. The topological polar surface area (TPSA) is 64.7 Å². The second-order valence-corrected chi connectivity index (χ2v) is 5.73. The molecule has 0 saturated heterocycles. The molecular formula is C12H10N4S2. The van der Waals surface area contributed by atoms with Crippen molar-refractivity contribution >= 4 is 34.0 Å². The van der Waals surface area contributed by atoms with Crippen LogP contribution in [0.2, 0.25) is 0 Å². The van der Waals surface area contributed by atoms with Gasteiger partial charge in [0.05, 0.1) is 5.52 Å². The minimum Gasteiger partial charge on any atom is -0.326 e. The molecule has 0 amide bonds. The summed E-state index contributed by atoms with van der Waals surface area (Å²) in [5, 5.41) is 9.86. The van der Waals surface area contributed by atoms with E-state index in [9.17, 15) is 0 Å². The molecule has 90 valence electrons. The van der Waals surface area contributed by atoms with Crippen LogP contribution in [0.25, 0.3) is 10.9 Å². The maximum atomic E-state index is 5.78. The molecule has 3 rings (SSSR count). The van der Waals surface area contributed by atoms with Gasteiger partial charge in [0.25, 0.3) is 0 Å². The second kappa shape index (κ2) is 5.01. The van der Waals surface area contributed by atoms with Gasteiger partial charge in [-0.05, 0) is 29.5 Å². The number of rotatable bonds is 3. The molecule has 18 heavy (non-hydrogen) atoms. The van der Waals surface area contributed by atoms with Crippen LogP contribution < -0.4 is 5.73 Å². The van der Waals surface area contributed by atoms with Gasteiger partial charge in [-0.25, -0.2) is 4.98 Å². The summed E-state index contributed by atoms with van der Waals surface area (Å²) in [7, 11) is 0. The zero-order valence-corrected chi connectivity index (χ0v) is 11.0. The number of hydrogen-bond donors (Lipinski definition) is 1. The Bertz CT molecular complexity index is 667. The monoisotopic (exact) mass is 274 g/mol. The van der Waals surface area contributed by atoms with E-state index in [1.54, 1.807) is 5.51 Å². The number of aromatic nitrogens is 3. The number of hydrogen-bond acceptors (Lipinski definition) is 6. The first-order chi connectivity index (χ1) is 8.86. The molecule has 2 heterocycles. The Kier molecular flexibility index (Phi) is 3.22. The lowest BCUT2D eigenvalue weighted by atomic mass is 10.1. The maximum absolute atomic E-state index is 5.78. The van der Waals surface area contributed by atoms with E-state index in [4.69, 9.17) is 5.73 Å². The van der Waals surface area contributed by atoms with Gasteiger partial charge in [-0.15, -0.1) is 10.2 Å². The molecule has 0 aliphatic carbocycles. The van der Waals surface area contributed by atoms with E-state index in [2.05, 4.69) is 21.2 Å².